The first-order valence-corrected chi connectivity index (χ1v) is 20.6. The summed E-state index contributed by atoms with van der Waals surface area (Å²) in [6.07, 6.45) is 0. The maximum absolute atomic E-state index is 2.44. The Morgan fingerprint density at radius 1 is 0.283 bits per heavy atom. The highest BCUT2D eigenvalue weighted by atomic mass is 15.1. The summed E-state index contributed by atoms with van der Waals surface area (Å²) in [4.78, 5) is 2.44. The first-order chi connectivity index (χ1) is 29.8. The van der Waals surface area contributed by atoms with Gasteiger partial charge in [-0.05, 0) is 92.7 Å². The Kier molecular flexibility index (Phi) is 8.87. The van der Waals surface area contributed by atoms with E-state index in [1.54, 1.807) is 0 Å². The molecule has 1 aromatic heterocycles. The molecule has 1 heterocycles. The van der Waals surface area contributed by atoms with Crippen LogP contribution in [0, 0.1) is 0 Å². The zero-order chi connectivity index (χ0) is 39.8. The second-order valence-electron chi connectivity index (χ2n) is 15.3. The minimum atomic E-state index is 1.07. The Labute approximate surface area is 350 Å². The van der Waals surface area contributed by atoms with E-state index in [4.69, 9.17) is 0 Å². The third-order valence-electron chi connectivity index (χ3n) is 11.8. The van der Waals surface area contributed by atoms with Gasteiger partial charge < -0.3 is 9.47 Å². The van der Waals surface area contributed by atoms with Gasteiger partial charge in [-0.2, -0.15) is 0 Å². The van der Waals surface area contributed by atoms with Gasteiger partial charge in [0.25, 0.3) is 0 Å². The topological polar surface area (TPSA) is 8.17 Å². The minimum absolute atomic E-state index is 1.07. The number of rotatable bonds is 8. The number of benzene rings is 10. The molecule has 0 radical (unpaired) electrons. The molecule has 0 saturated heterocycles. The van der Waals surface area contributed by atoms with Crippen molar-refractivity contribution in [2.45, 2.75) is 0 Å². The Morgan fingerprint density at radius 3 is 1.57 bits per heavy atom. The number of fused-ring (bicyclic) bond motifs is 4. The molecule has 10 aromatic carbocycles. The van der Waals surface area contributed by atoms with Crippen molar-refractivity contribution in [3.63, 3.8) is 0 Å². The zero-order valence-electron chi connectivity index (χ0n) is 33.0. The van der Waals surface area contributed by atoms with Crippen LogP contribution in [0.25, 0.3) is 82.8 Å². The Balaban J connectivity index is 1.11. The van der Waals surface area contributed by atoms with E-state index in [1.807, 2.05) is 0 Å². The number of hydrogen-bond donors (Lipinski definition) is 0. The predicted molar refractivity (Wildman–Crippen MR) is 255 cm³/mol. The fourth-order valence-electron chi connectivity index (χ4n) is 8.99. The summed E-state index contributed by atoms with van der Waals surface area (Å²) in [6.45, 7) is 0. The molecule has 0 fully saturated rings. The van der Waals surface area contributed by atoms with Crippen molar-refractivity contribution >= 4 is 49.6 Å². The van der Waals surface area contributed by atoms with Gasteiger partial charge >= 0.3 is 0 Å². The smallest absolute Gasteiger partial charge is 0.0546 e. The second-order valence-corrected chi connectivity index (χ2v) is 15.3. The van der Waals surface area contributed by atoms with Crippen molar-refractivity contribution < 1.29 is 0 Å². The average molecular weight is 765 g/mol. The van der Waals surface area contributed by atoms with Gasteiger partial charge in [0, 0.05) is 33.3 Å². The van der Waals surface area contributed by atoms with E-state index < -0.39 is 0 Å². The van der Waals surface area contributed by atoms with Crippen molar-refractivity contribution in [2.24, 2.45) is 0 Å². The summed E-state index contributed by atoms with van der Waals surface area (Å²) in [7, 11) is 0. The third kappa shape index (κ3) is 6.23. The van der Waals surface area contributed by atoms with Crippen molar-refractivity contribution in [3.05, 3.63) is 243 Å². The van der Waals surface area contributed by atoms with Gasteiger partial charge in [0.2, 0.25) is 0 Å². The monoisotopic (exact) mass is 764 g/mol. The molecule has 0 bridgehead atoms. The first-order valence-electron chi connectivity index (χ1n) is 20.6. The van der Waals surface area contributed by atoms with E-state index >= 15 is 0 Å². The highest BCUT2D eigenvalue weighted by molar-refractivity contribution is 6.10. The maximum atomic E-state index is 2.44. The van der Waals surface area contributed by atoms with Gasteiger partial charge in [-0.25, -0.2) is 0 Å². The van der Waals surface area contributed by atoms with Gasteiger partial charge in [0.15, 0.2) is 0 Å². The average Bonchev–Trinajstić information content (AvgIpc) is 3.66. The molecule has 0 aliphatic carbocycles. The maximum Gasteiger partial charge on any atom is 0.0546 e. The standard InChI is InChI=1S/C58H40N2/c1-3-17-41(18-4-1)45-23-15-24-48(39-45)59(58-40-46(35-38-52(58)43-19-5-2-6-20-43)50-29-16-22-42-21-7-8-25-49(42)50)47-36-33-44(34-37-47)51-26-9-12-30-55(51)60-56-31-13-10-27-53(56)54-28-11-14-32-57(54)60/h1-40H. The van der Waals surface area contributed by atoms with Gasteiger partial charge in [0.1, 0.15) is 0 Å². The predicted octanol–water partition coefficient (Wildman–Crippen LogP) is 16.1. The number of para-hydroxylation sites is 3. The summed E-state index contributed by atoms with van der Waals surface area (Å²) in [5.74, 6) is 0. The molecule has 0 atom stereocenters. The van der Waals surface area contributed by atoms with Crippen LogP contribution in [0.2, 0.25) is 0 Å². The molecule has 0 spiro atoms. The van der Waals surface area contributed by atoms with Gasteiger partial charge in [-0.1, -0.05) is 194 Å². The van der Waals surface area contributed by atoms with E-state index in [0.29, 0.717) is 0 Å². The van der Waals surface area contributed by atoms with Crippen LogP contribution in [0.4, 0.5) is 17.1 Å². The highest BCUT2D eigenvalue weighted by Crippen LogP contribution is 2.45. The number of hydrogen-bond acceptors (Lipinski definition) is 1. The molecule has 2 heteroatoms. The molecule has 0 aliphatic heterocycles. The van der Waals surface area contributed by atoms with Crippen LogP contribution in [-0.2, 0) is 0 Å². The molecule has 0 N–H and O–H groups in total. The molecule has 282 valence electrons. The van der Waals surface area contributed by atoms with Crippen LogP contribution in [0.3, 0.4) is 0 Å². The van der Waals surface area contributed by atoms with Crippen LogP contribution in [0.1, 0.15) is 0 Å². The molecule has 11 rings (SSSR count). The lowest BCUT2D eigenvalue weighted by Crippen LogP contribution is -2.11. The number of aromatic nitrogens is 1. The molecule has 2 nitrogen and oxygen atoms in total. The van der Waals surface area contributed by atoms with Crippen LogP contribution >= 0.6 is 0 Å². The third-order valence-corrected chi connectivity index (χ3v) is 11.8. The van der Waals surface area contributed by atoms with E-state index in [1.165, 1.54) is 60.4 Å². The molecular weight excluding hydrogens is 725 g/mol. The Bertz CT molecular complexity index is 3250. The Morgan fingerprint density at radius 2 is 0.817 bits per heavy atom. The van der Waals surface area contributed by atoms with E-state index in [2.05, 4.69) is 252 Å². The molecule has 0 amide bonds. The minimum Gasteiger partial charge on any atom is -0.310 e. The van der Waals surface area contributed by atoms with Crippen molar-refractivity contribution in [1.82, 2.24) is 4.57 Å². The fourth-order valence-corrected chi connectivity index (χ4v) is 8.99. The normalized spacial score (nSPS) is 11.3. The van der Waals surface area contributed by atoms with Crippen LogP contribution in [0.15, 0.2) is 243 Å². The molecule has 11 aromatic rings. The van der Waals surface area contributed by atoms with E-state index in [-0.39, 0.29) is 0 Å². The second kappa shape index (κ2) is 15.1. The molecular formula is C58H40N2. The lowest BCUT2D eigenvalue weighted by molar-refractivity contribution is 1.18. The summed E-state index contributed by atoms with van der Waals surface area (Å²) < 4.78 is 2.42. The molecule has 0 aliphatic rings. The fraction of sp³-hybridized carbons (Fsp3) is 0. The quantitative estimate of drug-likeness (QED) is 0.150. The lowest BCUT2D eigenvalue weighted by Gasteiger charge is -2.29. The zero-order valence-corrected chi connectivity index (χ0v) is 33.0. The first kappa shape index (κ1) is 35.2. The molecule has 0 saturated carbocycles. The summed E-state index contributed by atoms with van der Waals surface area (Å²) in [5.41, 5.74) is 16.2. The number of anilines is 3. The van der Waals surface area contributed by atoms with Crippen LogP contribution in [0.5, 0.6) is 0 Å². The van der Waals surface area contributed by atoms with Crippen molar-refractivity contribution in [3.8, 4) is 50.2 Å². The molecule has 60 heavy (non-hydrogen) atoms. The summed E-state index contributed by atoms with van der Waals surface area (Å²) in [6, 6.07) is 88.0. The van der Waals surface area contributed by atoms with Gasteiger partial charge in [0.05, 0.1) is 22.4 Å². The van der Waals surface area contributed by atoms with Crippen molar-refractivity contribution in [2.75, 3.05) is 4.90 Å². The van der Waals surface area contributed by atoms with E-state index in [9.17, 15) is 0 Å². The summed E-state index contributed by atoms with van der Waals surface area (Å²) >= 11 is 0. The van der Waals surface area contributed by atoms with Crippen LogP contribution < -0.4 is 4.90 Å². The molecule has 0 unspecified atom stereocenters. The SMILES string of the molecule is c1ccc(-c2cccc(N(c3ccc(-c4ccccc4-n4c5ccccc5c5ccccc54)cc3)c3cc(-c4cccc5ccccc45)ccc3-c3ccccc3)c2)cc1. The number of nitrogens with zero attached hydrogens (tertiary/aromatic N) is 2. The van der Waals surface area contributed by atoms with Gasteiger partial charge in [-0.3, -0.25) is 0 Å². The lowest BCUT2D eigenvalue weighted by atomic mass is 9.94. The highest BCUT2D eigenvalue weighted by Gasteiger charge is 2.21. The van der Waals surface area contributed by atoms with Crippen molar-refractivity contribution in [1.29, 1.82) is 0 Å². The van der Waals surface area contributed by atoms with Crippen LogP contribution in [-0.4, -0.2) is 4.57 Å². The van der Waals surface area contributed by atoms with Gasteiger partial charge in [-0.15, -0.1) is 0 Å². The summed E-state index contributed by atoms with van der Waals surface area (Å²) in [5, 5.41) is 4.98. The van der Waals surface area contributed by atoms with E-state index in [0.717, 1.165) is 39.4 Å². The Hall–Kier alpha value is -7.94. The largest absolute Gasteiger partial charge is 0.310 e.